The predicted molar refractivity (Wildman–Crippen MR) is 116 cm³/mol. The minimum absolute atomic E-state index is 0.00933. The lowest BCUT2D eigenvalue weighted by atomic mass is 9.72. The van der Waals surface area contributed by atoms with E-state index in [1.54, 1.807) is 30.3 Å². The molecule has 0 amide bonds. The molecule has 10 nitrogen and oxygen atoms in total. The summed E-state index contributed by atoms with van der Waals surface area (Å²) in [5.74, 6) is -0.735. The van der Waals surface area contributed by atoms with Crippen molar-refractivity contribution in [3.05, 3.63) is 58.1 Å². The Labute approximate surface area is 179 Å². The zero-order chi connectivity index (χ0) is 22.4. The van der Waals surface area contributed by atoms with E-state index in [1.807, 2.05) is 11.0 Å². The van der Waals surface area contributed by atoms with Crippen LogP contribution in [0, 0.1) is 15.5 Å². The highest BCUT2D eigenvalue weighted by Crippen LogP contribution is 2.46. The highest BCUT2D eigenvalue weighted by atomic mass is 32.2. The zero-order valence-corrected chi connectivity index (χ0v) is 17.9. The molecule has 1 N–H and O–H groups in total. The predicted octanol–water partition coefficient (Wildman–Crippen LogP) is 2.08. The molecule has 0 unspecified atom stereocenters. The first-order valence-electron chi connectivity index (χ1n) is 9.54. The second kappa shape index (κ2) is 7.41. The van der Waals surface area contributed by atoms with Crippen LogP contribution in [0.4, 0.5) is 22.7 Å². The SMILES string of the molecule is COC(=O)c1cccc(N2CC3(CN(c4cccc(NS(C)(=O)=O)c4)C3)C2)c1[N+](=O)[O-]. The van der Waals surface area contributed by atoms with Gasteiger partial charge in [0.05, 0.1) is 24.0 Å². The lowest BCUT2D eigenvalue weighted by Gasteiger charge is -2.61. The van der Waals surface area contributed by atoms with Crippen LogP contribution in [-0.4, -0.2) is 58.9 Å². The summed E-state index contributed by atoms with van der Waals surface area (Å²) in [5, 5.41) is 11.6. The number of sulfonamides is 1. The van der Waals surface area contributed by atoms with Crippen molar-refractivity contribution in [3.63, 3.8) is 0 Å². The summed E-state index contributed by atoms with van der Waals surface area (Å²) >= 11 is 0. The number of para-hydroxylation sites is 1. The maximum atomic E-state index is 11.9. The highest BCUT2D eigenvalue weighted by Gasteiger charge is 2.53. The number of methoxy groups -OCH3 is 1. The van der Waals surface area contributed by atoms with Gasteiger partial charge in [-0.1, -0.05) is 12.1 Å². The standard InChI is InChI=1S/C20H22N4O6S/c1-30-19(25)16-7-4-8-17(18(16)24(26)27)23-12-20(13-23)10-22(11-20)15-6-3-5-14(9-15)21-31(2,28)29/h3-9,21H,10-13H2,1-2H3. The second-order valence-corrected chi connectivity index (χ2v) is 9.81. The number of nitrogens with zero attached hydrogens (tertiary/aromatic N) is 3. The molecule has 31 heavy (non-hydrogen) atoms. The third-order valence-corrected chi connectivity index (χ3v) is 6.17. The molecular weight excluding hydrogens is 424 g/mol. The maximum Gasteiger partial charge on any atom is 0.344 e. The number of benzene rings is 2. The van der Waals surface area contributed by atoms with Crippen LogP contribution < -0.4 is 14.5 Å². The third kappa shape index (κ3) is 4.00. The Balaban J connectivity index is 1.45. The van der Waals surface area contributed by atoms with Crippen LogP contribution in [0.1, 0.15) is 10.4 Å². The minimum Gasteiger partial charge on any atom is -0.465 e. The Morgan fingerprint density at radius 2 is 1.77 bits per heavy atom. The van der Waals surface area contributed by atoms with Gasteiger partial charge in [-0.05, 0) is 30.3 Å². The zero-order valence-electron chi connectivity index (χ0n) is 17.1. The smallest absolute Gasteiger partial charge is 0.344 e. The maximum absolute atomic E-state index is 11.9. The summed E-state index contributed by atoms with van der Waals surface area (Å²) in [4.78, 5) is 27.1. The number of nitro benzene ring substituents is 1. The van der Waals surface area contributed by atoms with Crippen molar-refractivity contribution < 1.29 is 22.9 Å². The average molecular weight is 446 g/mol. The molecule has 0 bridgehead atoms. The molecule has 2 heterocycles. The lowest BCUT2D eigenvalue weighted by molar-refractivity contribution is -0.384. The number of carbonyl (C=O) groups is 1. The molecule has 2 aromatic rings. The van der Waals surface area contributed by atoms with Crippen LogP contribution >= 0.6 is 0 Å². The third-order valence-electron chi connectivity index (χ3n) is 5.56. The summed E-state index contributed by atoms with van der Waals surface area (Å²) in [5.41, 5.74) is 1.55. The summed E-state index contributed by atoms with van der Waals surface area (Å²) in [6.07, 6.45) is 1.11. The first-order valence-corrected chi connectivity index (χ1v) is 11.4. The van der Waals surface area contributed by atoms with E-state index in [9.17, 15) is 23.3 Å². The number of nitro groups is 1. The fourth-order valence-corrected chi connectivity index (χ4v) is 4.87. The molecule has 4 rings (SSSR count). The normalized spacial score (nSPS) is 17.0. The molecule has 2 aliphatic heterocycles. The van der Waals surface area contributed by atoms with Gasteiger partial charge >= 0.3 is 11.7 Å². The van der Waals surface area contributed by atoms with E-state index in [2.05, 4.69) is 14.4 Å². The summed E-state index contributed by atoms with van der Waals surface area (Å²) in [6, 6.07) is 11.9. The number of ether oxygens (including phenoxy) is 1. The van der Waals surface area contributed by atoms with Crippen molar-refractivity contribution >= 4 is 38.7 Å². The van der Waals surface area contributed by atoms with Crippen molar-refractivity contribution in [2.24, 2.45) is 5.41 Å². The van der Waals surface area contributed by atoms with Crippen LogP contribution in [0.15, 0.2) is 42.5 Å². The Morgan fingerprint density at radius 1 is 1.13 bits per heavy atom. The molecule has 1 spiro atoms. The number of esters is 1. The van der Waals surface area contributed by atoms with Crippen LogP contribution in [0.2, 0.25) is 0 Å². The number of hydrogen-bond donors (Lipinski definition) is 1. The first-order chi connectivity index (χ1) is 14.6. The van der Waals surface area contributed by atoms with Crippen molar-refractivity contribution in [1.29, 1.82) is 0 Å². The molecule has 0 aliphatic carbocycles. The van der Waals surface area contributed by atoms with Crippen LogP contribution in [0.5, 0.6) is 0 Å². The van der Waals surface area contributed by atoms with Gasteiger partial charge in [0.15, 0.2) is 0 Å². The number of hydrogen-bond acceptors (Lipinski definition) is 8. The van der Waals surface area contributed by atoms with Gasteiger partial charge in [0.1, 0.15) is 11.3 Å². The summed E-state index contributed by atoms with van der Waals surface area (Å²) in [7, 11) is -2.15. The molecule has 164 valence electrons. The van der Waals surface area contributed by atoms with Gasteiger partial charge < -0.3 is 14.5 Å². The number of carbonyl (C=O) groups excluding carboxylic acids is 1. The fraction of sp³-hybridized carbons (Fsp3) is 0.350. The molecule has 11 heteroatoms. The van der Waals surface area contributed by atoms with Gasteiger partial charge in [0, 0.05) is 37.3 Å². The topological polar surface area (TPSA) is 122 Å². The van der Waals surface area contributed by atoms with Gasteiger partial charge in [-0.2, -0.15) is 0 Å². The van der Waals surface area contributed by atoms with Gasteiger partial charge in [0.2, 0.25) is 10.0 Å². The monoisotopic (exact) mass is 446 g/mol. The van der Waals surface area contributed by atoms with Gasteiger partial charge in [-0.3, -0.25) is 14.8 Å². The van der Waals surface area contributed by atoms with Crippen molar-refractivity contribution in [1.82, 2.24) is 0 Å². The average Bonchev–Trinajstić information content (AvgIpc) is 2.63. The molecule has 2 aromatic carbocycles. The highest BCUT2D eigenvalue weighted by molar-refractivity contribution is 7.92. The molecule has 0 saturated carbocycles. The number of nitrogens with one attached hydrogen (secondary N) is 1. The van der Waals surface area contributed by atoms with Crippen molar-refractivity contribution in [2.45, 2.75) is 0 Å². The van der Waals surface area contributed by atoms with E-state index < -0.39 is 20.9 Å². The quantitative estimate of drug-likeness (QED) is 0.407. The number of anilines is 3. The molecule has 0 radical (unpaired) electrons. The van der Waals surface area contributed by atoms with Crippen molar-refractivity contribution in [3.8, 4) is 0 Å². The van der Waals surface area contributed by atoms with Crippen LogP contribution in [-0.2, 0) is 14.8 Å². The van der Waals surface area contributed by atoms with Crippen molar-refractivity contribution in [2.75, 3.05) is 54.1 Å². The van der Waals surface area contributed by atoms with E-state index >= 15 is 0 Å². The summed E-state index contributed by atoms with van der Waals surface area (Å²) < 4.78 is 30.0. The van der Waals surface area contributed by atoms with E-state index in [-0.39, 0.29) is 16.7 Å². The second-order valence-electron chi connectivity index (χ2n) is 8.06. The molecule has 2 fully saturated rings. The molecule has 2 saturated heterocycles. The van der Waals surface area contributed by atoms with Gasteiger partial charge in [0.25, 0.3) is 0 Å². The summed E-state index contributed by atoms with van der Waals surface area (Å²) in [6.45, 7) is 2.79. The Morgan fingerprint density at radius 3 is 2.39 bits per heavy atom. The molecule has 2 aliphatic rings. The number of rotatable bonds is 6. The minimum atomic E-state index is -3.35. The Hall–Kier alpha value is -3.34. The first kappa shape index (κ1) is 20.9. The fourth-order valence-electron chi connectivity index (χ4n) is 4.31. The Bertz CT molecular complexity index is 1150. The van der Waals surface area contributed by atoms with E-state index in [4.69, 9.17) is 0 Å². The largest absolute Gasteiger partial charge is 0.465 e. The van der Waals surface area contributed by atoms with Gasteiger partial charge in [-0.25, -0.2) is 13.2 Å². The van der Waals surface area contributed by atoms with E-state index in [0.29, 0.717) is 24.5 Å². The van der Waals surface area contributed by atoms with E-state index in [0.717, 1.165) is 25.0 Å². The van der Waals surface area contributed by atoms with Crippen LogP contribution in [0.25, 0.3) is 0 Å². The Kier molecular flexibility index (Phi) is 5.00. The molecular formula is C20H22N4O6S. The molecule has 0 aromatic heterocycles. The van der Waals surface area contributed by atoms with E-state index in [1.165, 1.54) is 13.2 Å². The van der Waals surface area contributed by atoms with Gasteiger partial charge in [-0.15, -0.1) is 0 Å². The lowest BCUT2D eigenvalue weighted by Crippen LogP contribution is -2.72. The molecule has 0 atom stereocenters. The van der Waals surface area contributed by atoms with Crippen LogP contribution in [0.3, 0.4) is 0 Å².